The molecule has 0 bridgehead atoms. The van der Waals surface area contributed by atoms with Crippen LogP contribution >= 0.6 is 11.6 Å². The fourth-order valence-electron chi connectivity index (χ4n) is 3.33. The van der Waals surface area contributed by atoms with Crippen LogP contribution in [0.3, 0.4) is 0 Å². The number of benzene rings is 2. The van der Waals surface area contributed by atoms with E-state index in [0.717, 1.165) is 5.92 Å². The zero-order valence-electron chi connectivity index (χ0n) is 10.8. The Morgan fingerprint density at radius 1 is 1.06 bits per heavy atom. The fourth-order valence-corrected chi connectivity index (χ4v) is 3.90. The summed E-state index contributed by atoms with van der Waals surface area (Å²) in [5.41, 5.74) is 1.31. The van der Waals surface area contributed by atoms with Crippen molar-refractivity contribution < 1.29 is 0 Å². The standard InChI is InChI=1S/C17H19Cl/c1-12-6-4-10-14(12)17(18)16-11-5-8-13-7-2-3-9-15(13)16/h2-3,5,7-9,11-12,14,17H,4,6,10H2,1H3. The summed E-state index contributed by atoms with van der Waals surface area (Å²) < 4.78 is 0. The Morgan fingerprint density at radius 2 is 1.83 bits per heavy atom. The number of fused-ring (bicyclic) bond motifs is 1. The van der Waals surface area contributed by atoms with Crippen LogP contribution in [0.25, 0.3) is 10.8 Å². The molecule has 94 valence electrons. The van der Waals surface area contributed by atoms with E-state index in [2.05, 4.69) is 49.4 Å². The molecule has 3 unspecified atom stereocenters. The van der Waals surface area contributed by atoms with Crippen molar-refractivity contribution in [2.45, 2.75) is 31.6 Å². The zero-order valence-corrected chi connectivity index (χ0v) is 11.5. The lowest BCUT2D eigenvalue weighted by molar-refractivity contribution is 0.407. The van der Waals surface area contributed by atoms with Crippen molar-refractivity contribution in [2.75, 3.05) is 0 Å². The number of hydrogen-bond donors (Lipinski definition) is 0. The molecule has 0 aliphatic heterocycles. The fraction of sp³-hybridized carbons (Fsp3) is 0.412. The first-order valence-corrected chi connectivity index (χ1v) is 7.33. The molecule has 1 aliphatic rings. The summed E-state index contributed by atoms with van der Waals surface area (Å²) >= 11 is 6.79. The van der Waals surface area contributed by atoms with Crippen LogP contribution in [0.4, 0.5) is 0 Å². The third kappa shape index (κ3) is 2.03. The van der Waals surface area contributed by atoms with E-state index in [0.29, 0.717) is 5.92 Å². The molecule has 0 saturated heterocycles. The van der Waals surface area contributed by atoms with Gasteiger partial charge in [0.25, 0.3) is 0 Å². The molecule has 1 saturated carbocycles. The van der Waals surface area contributed by atoms with Crippen molar-refractivity contribution in [3.63, 3.8) is 0 Å². The van der Waals surface area contributed by atoms with Gasteiger partial charge in [0.15, 0.2) is 0 Å². The molecule has 0 aromatic heterocycles. The molecule has 2 aromatic rings. The Balaban J connectivity index is 2.03. The highest BCUT2D eigenvalue weighted by atomic mass is 35.5. The van der Waals surface area contributed by atoms with Crippen molar-refractivity contribution in [3.8, 4) is 0 Å². The summed E-state index contributed by atoms with van der Waals surface area (Å²) in [4.78, 5) is 0. The van der Waals surface area contributed by atoms with Crippen LogP contribution in [0.5, 0.6) is 0 Å². The summed E-state index contributed by atoms with van der Waals surface area (Å²) in [5, 5.41) is 2.78. The van der Waals surface area contributed by atoms with Gasteiger partial charge in [-0.2, -0.15) is 0 Å². The SMILES string of the molecule is CC1CCCC1C(Cl)c1cccc2ccccc12. The third-order valence-corrected chi connectivity index (χ3v) is 4.98. The number of hydrogen-bond acceptors (Lipinski definition) is 0. The highest BCUT2D eigenvalue weighted by molar-refractivity contribution is 6.22. The molecule has 2 aromatic carbocycles. The van der Waals surface area contributed by atoms with Crippen LogP contribution in [0.2, 0.25) is 0 Å². The second-order valence-electron chi connectivity index (χ2n) is 5.54. The maximum atomic E-state index is 6.79. The lowest BCUT2D eigenvalue weighted by Crippen LogP contribution is -2.11. The van der Waals surface area contributed by atoms with Crippen molar-refractivity contribution in [2.24, 2.45) is 11.8 Å². The lowest BCUT2D eigenvalue weighted by atomic mass is 9.88. The molecule has 0 amide bonds. The van der Waals surface area contributed by atoms with Crippen molar-refractivity contribution in [3.05, 3.63) is 48.0 Å². The Bertz CT molecular complexity index is 541. The van der Waals surface area contributed by atoms with Crippen LogP contribution in [-0.2, 0) is 0 Å². The molecular formula is C17H19Cl. The van der Waals surface area contributed by atoms with E-state index in [1.807, 2.05) is 0 Å². The molecule has 0 radical (unpaired) electrons. The topological polar surface area (TPSA) is 0 Å². The minimum absolute atomic E-state index is 0.161. The lowest BCUT2D eigenvalue weighted by Gasteiger charge is -2.23. The number of alkyl halides is 1. The second-order valence-corrected chi connectivity index (χ2v) is 6.01. The van der Waals surface area contributed by atoms with Crippen molar-refractivity contribution >= 4 is 22.4 Å². The van der Waals surface area contributed by atoms with E-state index in [4.69, 9.17) is 11.6 Å². The van der Waals surface area contributed by atoms with Gasteiger partial charge in [0.05, 0.1) is 5.38 Å². The minimum Gasteiger partial charge on any atom is -0.117 e. The summed E-state index contributed by atoms with van der Waals surface area (Å²) in [6.45, 7) is 2.35. The van der Waals surface area contributed by atoms with E-state index in [1.54, 1.807) is 0 Å². The summed E-state index contributed by atoms with van der Waals surface area (Å²) in [5.74, 6) is 1.39. The molecule has 1 aliphatic carbocycles. The summed E-state index contributed by atoms with van der Waals surface area (Å²) in [6, 6.07) is 15.1. The maximum absolute atomic E-state index is 6.79. The summed E-state index contributed by atoms with van der Waals surface area (Å²) in [7, 11) is 0. The first-order chi connectivity index (χ1) is 8.77. The van der Waals surface area contributed by atoms with Gasteiger partial charge in [-0.05, 0) is 34.6 Å². The van der Waals surface area contributed by atoms with Gasteiger partial charge in [-0.3, -0.25) is 0 Å². The smallest absolute Gasteiger partial charge is 0.0621 e. The van der Waals surface area contributed by atoms with E-state index >= 15 is 0 Å². The first-order valence-electron chi connectivity index (χ1n) is 6.89. The highest BCUT2D eigenvalue weighted by Crippen LogP contribution is 2.45. The van der Waals surface area contributed by atoms with E-state index in [-0.39, 0.29) is 5.38 Å². The second kappa shape index (κ2) is 4.93. The van der Waals surface area contributed by atoms with Gasteiger partial charge >= 0.3 is 0 Å². The van der Waals surface area contributed by atoms with Gasteiger partial charge in [-0.15, -0.1) is 11.6 Å². The molecule has 0 spiro atoms. The maximum Gasteiger partial charge on any atom is 0.0621 e. The van der Waals surface area contributed by atoms with Crippen LogP contribution in [0.1, 0.15) is 37.1 Å². The average molecular weight is 259 g/mol. The average Bonchev–Trinajstić information content (AvgIpc) is 2.83. The Morgan fingerprint density at radius 3 is 2.61 bits per heavy atom. The monoisotopic (exact) mass is 258 g/mol. The normalized spacial score (nSPS) is 25.4. The summed E-state index contributed by atoms with van der Waals surface area (Å²) in [6.07, 6.45) is 3.94. The predicted molar refractivity (Wildman–Crippen MR) is 79.0 cm³/mol. The van der Waals surface area contributed by atoms with Gasteiger partial charge in [0.2, 0.25) is 0 Å². The Hall–Kier alpha value is -1.01. The van der Waals surface area contributed by atoms with Gasteiger partial charge < -0.3 is 0 Å². The predicted octanol–water partition coefficient (Wildman–Crippen LogP) is 5.56. The molecule has 0 N–H and O–H groups in total. The quantitative estimate of drug-likeness (QED) is 0.619. The largest absolute Gasteiger partial charge is 0.117 e. The van der Waals surface area contributed by atoms with Crippen LogP contribution in [0, 0.1) is 11.8 Å². The first kappa shape index (κ1) is 12.0. The Kier molecular flexibility index (Phi) is 3.30. The number of rotatable bonds is 2. The van der Waals surface area contributed by atoms with E-state index < -0.39 is 0 Å². The molecule has 1 fully saturated rings. The molecule has 3 rings (SSSR count). The molecule has 3 atom stereocenters. The molecule has 0 nitrogen and oxygen atoms in total. The molecule has 18 heavy (non-hydrogen) atoms. The van der Waals surface area contributed by atoms with Crippen LogP contribution in [0.15, 0.2) is 42.5 Å². The van der Waals surface area contributed by atoms with Crippen LogP contribution < -0.4 is 0 Å². The van der Waals surface area contributed by atoms with Crippen molar-refractivity contribution in [1.29, 1.82) is 0 Å². The van der Waals surface area contributed by atoms with E-state index in [9.17, 15) is 0 Å². The van der Waals surface area contributed by atoms with Crippen LogP contribution in [-0.4, -0.2) is 0 Å². The zero-order chi connectivity index (χ0) is 12.5. The molecular weight excluding hydrogens is 240 g/mol. The van der Waals surface area contributed by atoms with Gasteiger partial charge in [0, 0.05) is 0 Å². The third-order valence-electron chi connectivity index (χ3n) is 4.42. The minimum atomic E-state index is 0.161. The van der Waals surface area contributed by atoms with Gasteiger partial charge in [-0.25, -0.2) is 0 Å². The highest BCUT2D eigenvalue weighted by Gasteiger charge is 2.31. The Labute approximate surface area is 114 Å². The van der Waals surface area contributed by atoms with E-state index in [1.165, 1.54) is 35.6 Å². The number of halogens is 1. The van der Waals surface area contributed by atoms with Gasteiger partial charge in [-0.1, -0.05) is 62.2 Å². The van der Waals surface area contributed by atoms with Gasteiger partial charge in [0.1, 0.15) is 0 Å². The van der Waals surface area contributed by atoms with Crippen molar-refractivity contribution in [1.82, 2.24) is 0 Å². The molecule has 0 heterocycles. The molecule has 1 heteroatoms.